The maximum absolute atomic E-state index is 12.1. The van der Waals surface area contributed by atoms with E-state index in [0.29, 0.717) is 13.3 Å². The van der Waals surface area contributed by atoms with Crippen molar-refractivity contribution in [3.8, 4) is 0 Å². The maximum atomic E-state index is 12.1. The van der Waals surface area contributed by atoms with Gasteiger partial charge in [0.05, 0.1) is 13.3 Å². The molecule has 0 radical (unpaired) electrons. The average Bonchev–Trinajstić information content (AvgIpc) is 2.50. The van der Waals surface area contributed by atoms with Gasteiger partial charge in [0.1, 0.15) is 0 Å². The summed E-state index contributed by atoms with van der Waals surface area (Å²) in [6, 6.07) is 0. The van der Waals surface area contributed by atoms with Crippen LogP contribution in [0.1, 0.15) is 0 Å². The number of likely N-dealkylation sites (N-methyl/N-ethyl adjacent to an activating group) is 2. The van der Waals surface area contributed by atoms with Crippen LogP contribution < -0.4 is 5.73 Å². The molecule has 8 nitrogen and oxygen atoms in total. The van der Waals surface area contributed by atoms with E-state index in [1.165, 1.54) is 0 Å². The van der Waals surface area contributed by atoms with Crippen LogP contribution in [-0.4, -0.2) is 116 Å². The second kappa shape index (κ2) is 7.87. The van der Waals surface area contributed by atoms with E-state index in [1.54, 1.807) is 4.90 Å². The minimum atomic E-state index is -0.872. The van der Waals surface area contributed by atoms with Gasteiger partial charge in [-0.05, 0) is 14.1 Å². The lowest BCUT2D eigenvalue weighted by Gasteiger charge is -2.39. The second-order valence-corrected chi connectivity index (χ2v) is 6.33. The smallest absolute Gasteiger partial charge is 0.313 e. The van der Waals surface area contributed by atoms with Crippen molar-refractivity contribution in [2.24, 2.45) is 5.73 Å². The summed E-state index contributed by atoms with van der Waals surface area (Å²) < 4.78 is 0. The fraction of sp³-hybridized carbons (Fsp3) is 0.857. The zero-order valence-electron chi connectivity index (χ0n) is 13.7. The molecule has 2 saturated heterocycles. The Morgan fingerprint density at radius 1 is 0.818 bits per heavy atom. The van der Waals surface area contributed by atoms with Crippen LogP contribution in [-0.2, 0) is 9.59 Å². The van der Waals surface area contributed by atoms with Crippen LogP contribution in [0.4, 0.5) is 0 Å². The molecule has 2 heterocycles. The zero-order valence-corrected chi connectivity index (χ0v) is 13.7. The van der Waals surface area contributed by atoms with Gasteiger partial charge in [-0.2, -0.15) is 0 Å². The van der Waals surface area contributed by atoms with Gasteiger partial charge in [0.15, 0.2) is 0 Å². The van der Waals surface area contributed by atoms with Gasteiger partial charge in [-0.1, -0.05) is 0 Å². The quantitative estimate of drug-likeness (QED) is 0.589. The van der Waals surface area contributed by atoms with Crippen LogP contribution in [0, 0.1) is 0 Å². The number of carbonyl (C=O) groups is 2. The Hall–Kier alpha value is -1.22. The highest BCUT2D eigenvalue weighted by atomic mass is 16.2. The van der Waals surface area contributed by atoms with Gasteiger partial charge in [-0.15, -0.1) is 0 Å². The average molecular weight is 312 g/mol. The molecule has 0 spiro atoms. The monoisotopic (exact) mass is 312 g/mol. The van der Waals surface area contributed by atoms with Crippen molar-refractivity contribution >= 4 is 11.8 Å². The predicted octanol–water partition coefficient (Wildman–Crippen LogP) is -2.29. The number of carbonyl (C=O) groups excluding carboxylic acids is 2. The molecular formula is C14H28N6O2. The molecule has 126 valence electrons. The zero-order chi connectivity index (χ0) is 16.1. The van der Waals surface area contributed by atoms with E-state index in [-0.39, 0.29) is 0 Å². The highest BCUT2D eigenvalue weighted by molar-refractivity contribution is 6.34. The first-order valence-electron chi connectivity index (χ1n) is 7.86. The predicted molar refractivity (Wildman–Crippen MR) is 83.9 cm³/mol. The molecule has 2 rings (SSSR count). The van der Waals surface area contributed by atoms with Crippen LogP contribution in [0.25, 0.3) is 0 Å². The molecule has 2 amide bonds. The van der Waals surface area contributed by atoms with Gasteiger partial charge in [-0.25, -0.2) is 0 Å². The summed E-state index contributed by atoms with van der Waals surface area (Å²) in [5, 5.41) is 0. The lowest BCUT2D eigenvalue weighted by atomic mass is 10.3. The van der Waals surface area contributed by atoms with Gasteiger partial charge in [0.2, 0.25) is 0 Å². The molecule has 0 atom stereocenters. The van der Waals surface area contributed by atoms with Gasteiger partial charge in [-0.3, -0.25) is 19.4 Å². The second-order valence-electron chi connectivity index (χ2n) is 6.33. The minimum absolute atomic E-state index is 0.474. The molecule has 8 heteroatoms. The van der Waals surface area contributed by atoms with E-state index in [1.807, 2.05) is 0 Å². The fourth-order valence-electron chi connectivity index (χ4n) is 2.79. The number of amides is 2. The van der Waals surface area contributed by atoms with E-state index < -0.39 is 11.8 Å². The van der Waals surface area contributed by atoms with Crippen LogP contribution in [0.15, 0.2) is 0 Å². The Labute approximate surface area is 132 Å². The summed E-state index contributed by atoms with van der Waals surface area (Å²) in [5.41, 5.74) is 5.21. The van der Waals surface area contributed by atoms with E-state index in [2.05, 4.69) is 33.7 Å². The number of nitrogens with two attached hydrogens (primary N) is 1. The molecule has 0 aromatic rings. The van der Waals surface area contributed by atoms with E-state index >= 15 is 0 Å². The molecule has 2 aliphatic rings. The van der Waals surface area contributed by atoms with Crippen molar-refractivity contribution in [1.29, 1.82) is 0 Å². The van der Waals surface area contributed by atoms with E-state index in [4.69, 9.17) is 5.73 Å². The van der Waals surface area contributed by atoms with Crippen molar-refractivity contribution in [2.45, 2.75) is 0 Å². The molecular weight excluding hydrogens is 284 g/mol. The molecule has 22 heavy (non-hydrogen) atoms. The van der Waals surface area contributed by atoms with Gasteiger partial charge in [0.25, 0.3) is 0 Å². The molecule has 2 aliphatic heterocycles. The van der Waals surface area contributed by atoms with Crippen molar-refractivity contribution in [3.63, 3.8) is 0 Å². The Balaban J connectivity index is 1.91. The first-order chi connectivity index (χ1) is 10.5. The molecule has 0 unspecified atom stereocenters. The SMILES string of the molecule is CN1CCN(CN(CN2CCN(C)CC2)C(=O)C(N)=O)CC1. The van der Waals surface area contributed by atoms with Crippen LogP contribution >= 0.6 is 0 Å². The van der Waals surface area contributed by atoms with E-state index in [9.17, 15) is 9.59 Å². The number of hydrogen-bond donors (Lipinski definition) is 1. The summed E-state index contributed by atoms with van der Waals surface area (Å²) in [7, 11) is 4.18. The van der Waals surface area contributed by atoms with Crippen molar-refractivity contribution in [3.05, 3.63) is 0 Å². The Morgan fingerprint density at radius 2 is 1.18 bits per heavy atom. The van der Waals surface area contributed by atoms with Gasteiger partial charge < -0.3 is 20.4 Å². The molecule has 0 aromatic carbocycles. The Kier molecular flexibility index (Phi) is 6.13. The maximum Gasteiger partial charge on any atom is 0.313 e. The molecule has 0 aliphatic carbocycles. The molecule has 2 fully saturated rings. The highest BCUT2D eigenvalue weighted by Crippen LogP contribution is 2.05. The number of piperazine rings is 2. The number of rotatable bonds is 4. The molecule has 0 bridgehead atoms. The van der Waals surface area contributed by atoms with Crippen LogP contribution in [0.5, 0.6) is 0 Å². The number of hydrogen-bond acceptors (Lipinski definition) is 6. The molecule has 0 saturated carbocycles. The highest BCUT2D eigenvalue weighted by Gasteiger charge is 2.26. The van der Waals surface area contributed by atoms with Crippen LogP contribution in [0.3, 0.4) is 0 Å². The standard InChI is InChI=1S/C14H28N6O2/c1-16-3-7-18(8-4-16)11-20(14(22)13(15)21)12-19-9-5-17(2)6-10-19/h3-12H2,1-2H3,(H2,15,21). The van der Waals surface area contributed by atoms with Crippen LogP contribution in [0.2, 0.25) is 0 Å². The summed E-state index contributed by atoms with van der Waals surface area (Å²) in [6.45, 7) is 8.48. The molecule has 0 aromatic heterocycles. The lowest BCUT2D eigenvalue weighted by Crippen LogP contribution is -2.56. The lowest BCUT2D eigenvalue weighted by molar-refractivity contribution is -0.148. The Bertz CT molecular complexity index is 365. The van der Waals surface area contributed by atoms with E-state index in [0.717, 1.165) is 52.4 Å². The molecule has 2 N–H and O–H groups in total. The third kappa shape index (κ3) is 4.91. The first kappa shape index (κ1) is 17.1. The summed E-state index contributed by atoms with van der Waals surface area (Å²) >= 11 is 0. The third-order valence-electron chi connectivity index (χ3n) is 4.43. The normalized spacial score (nSPS) is 22.6. The topological polar surface area (TPSA) is 76.4 Å². The summed E-state index contributed by atoms with van der Waals surface area (Å²) in [6.07, 6.45) is 0. The van der Waals surface area contributed by atoms with Crippen molar-refractivity contribution in [1.82, 2.24) is 24.5 Å². The van der Waals surface area contributed by atoms with Crippen molar-refractivity contribution < 1.29 is 9.59 Å². The summed E-state index contributed by atoms with van der Waals surface area (Å²) in [4.78, 5) is 33.9. The summed E-state index contributed by atoms with van der Waals surface area (Å²) in [5.74, 6) is -1.46. The van der Waals surface area contributed by atoms with Gasteiger partial charge >= 0.3 is 11.8 Å². The fourth-order valence-corrected chi connectivity index (χ4v) is 2.79. The van der Waals surface area contributed by atoms with Crippen molar-refractivity contribution in [2.75, 3.05) is 79.8 Å². The number of nitrogens with zero attached hydrogens (tertiary/aromatic N) is 5. The minimum Gasteiger partial charge on any atom is -0.361 e. The third-order valence-corrected chi connectivity index (χ3v) is 4.43. The van der Waals surface area contributed by atoms with Gasteiger partial charge in [0, 0.05) is 52.4 Å². The first-order valence-corrected chi connectivity index (χ1v) is 7.86. The Morgan fingerprint density at radius 3 is 1.50 bits per heavy atom. The number of primary amides is 1. The largest absolute Gasteiger partial charge is 0.361 e.